The summed E-state index contributed by atoms with van der Waals surface area (Å²) < 4.78 is 0.783. The minimum Gasteiger partial charge on any atom is -0.244 e. The van der Waals surface area contributed by atoms with Crippen LogP contribution in [-0.4, -0.2) is 21.2 Å². The van der Waals surface area contributed by atoms with Crippen molar-refractivity contribution in [2.24, 2.45) is 0 Å². The van der Waals surface area contributed by atoms with Crippen molar-refractivity contribution >= 4 is 38.6 Å². The molecule has 2 heterocycles. The van der Waals surface area contributed by atoms with Crippen LogP contribution in [0.2, 0.25) is 0 Å². The largest absolute Gasteiger partial charge is 0.244 e. The Labute approximate surface area is 94.5 Å². The second-order valence-electron chi connectivity index (χ2n) is 2.85. The monoisotopic (exact) mass is 269 g/mol. The summed E-state index contributed by atoms with van der Waals surface area (Å²) in [6, 6.07) is 1.98. The molecule has 0 spiro atoms. The third-order valence-corrected chi connectivity index (χ3v) is 2.93. The highest BCUT2D eigenvalue weighted by Crippen LogP contribution is 2.22. The third-order valence-electron chi connectivity index (χ3n) is 1.81. The molecule has 0 unspecified atom stereocenters. The number of thioether (sulfide) groups is 1. The van der Waals surface area contributed by atoms with Crippen molar-refractivity contribution in [1.29, 1.82) is 0 Å². The van der Waals surface area contributed by atoms with Crippen LogP contribution in [-0.2, 0) is 0 Å². The van der Waals surface area contributed by atoms with Crippen LogP contribution in [0.3, 0.4) is 0 Å². The van der Waals surface area contributed by atoms with Gasteiger partial charge in [-0.05, 0) is 35.2 Å². The highest BCUT2D eigenvalue weighted by molar-refractivity contribution is 9.10. The molecule has 0 atom stereocenters. The topological polar surface area (TPSA) is 38.7 Å². The second-order valence-corrected chi connectivity index (χ2v) is 4.37. The molecule has 0 saturated heterocycles. The molecule has 5 heteroatoms. The average molecular weight is 270 g/mol. The molecule has 2 aromatic heterocycles. The summed E-state index contributed by atoms with van der Waals surface area (Å²) in [7, 11) is 0. The lowest BCUT2D eigenvalue weighted by Crippen LogP contribution is -1.91. The fourth-order valence-corrected chi connectivity index (χ4v) is 2.15. The molecule has 0 N–H and O–H groups in total. The molecule has 0 saturated carbocycles. The number of fused-ring (bicyclic) bond motifs is 1. The maximum Gasteiger partial charge on any atom is 0.187 e. The van der Waals surface area contributed by atoms with Gasteiger partial charge in [-0.2, -0.15) is 0 Å². The van der Waals surface area contributed by atoms with Gasteiger partial charge in [-0.25, -0.2) is 15.0 Å². The van der Waals surface area contributed by atoms with E-state index in [4.69, 9.17) is 0 Å². The summed E-state index contributed by atoms with van der Waals surface area (Å²) in [6.07, 6.45) is 3.78. The number of hydrogen-bond donors (Lipinski definition) is 0. The lowest BCUT2D eigenvalue weighted by atomic mass is 10.3. The van der Waals surface area contributed by atoms with Crippen LogP contribution < -0.4 is 0 Å². The lowest BCUT2D eigenvalue weighted by Gasteiger charge is -2.02. The summed E-state index contributed by atoms with van der Waals surface area (Å²) in [6.45, 7) is 1.95. The van der Waals surface area contributed by atoms with E-state index >= 15 is 0 Å². The van der Waals surface area contributed by atoms with E-state index in [1.54, 1.807) is 0 Å². The number of aryl methyl sites for hydroxylation is 1. The Morgan fingerprint density at radius 1 is 1.36 bits per heavy atom. The maximum absolute atomic E-state index is 4.38. The first-order chi connectivity index (χ1) is 6.70. The standard InChI is InChI=1S/C9H8BrN3S/c1-5-3-6-4-11-9(14-2)13-7(6)8(10)12-5/h3-4H,1-2H3. The van der Waals surface area contributed by atoms with Crippen LogP contribution in [0.4, 0.5) is 0 Å². The number of rotatable bonds is 1. The van der Waals surface area contributed by atoms with Gasteiger partial charge in [0.05, 0.1) is 0 Å². The van der Waals surface area contributed by atoms with E-state index in [1.165, 1.54) is 11.8 Å². The molecule has 0 bridgehead atoms. The third kappa shape index (κ3) is 1.74. The number of halogens is 1. The van der Waals surface area contributed by atoms with Crippen molar-refractivity contribution in [1.82, 2.24) is 15.0 Å². The van der Waals surface area contributed by atoms with Crippen LogP contribution in [0.15, 0.2) is 22.0 Å². The van der Waals surface area contributed by atoms with Gasteiger partial charge < -0.3 is 0 Å². The molecular weight excluding hydrogens is 262 g/mol. The van der Waals surface area contributed by atoms with Gasteiger partial charge in [0.15, 0.2) is 5.16 Å². The van der Waals surface area contributed by atoms with Crippen LogP contribution in [0.1, 0.15) is 5.69 Å². The van der Waals surface area contributed by atoms with Gasteiger partial charge in [0, 0.05) is 17.3 Å². The lowest BCUT2D eigenvalue weighted by molar-refractivity contribution is 0.996. The van der Waals surface area contributed by atoms with Crippen LogP contribution >= 0.6 is 27.7 Å². The number of nitrogens with zero attached hydrogens (tertiary/aromatic N) is 3. The van der Waals surface area contributed by atoms with Crippen LogP contribution in [0, 0.1) is 6.92 Å². The quantitative estimate of drug-likeness (QED) is 0.454. The predicted octanol–water partition coefficient (Wildman–Crippen LogP) is 2.82. The average Bonchev–Trinajstić information content (AvgIpc) is 2.17. The van der Waals surface area contributed by atoms with Crippen molar-refractivity contribution in [2.75, 3.05) is 6.26 Å². The molecule has 72 valence electrons. The van der Waals surface area contributed by atoms with Crippen molar-refractivity contribution in [3.63, 3.8) is 0 Å². The summed E-state index contributed by atoms with van der Waals surface area (Å²) in [5.41, 5.74) is 1.83. The first-order valence-electron chi connectivity index (χ1n) is 4.04. The SMILES string of the molecule is CSc1ncc2cc(C)nc(Br)c2n1. The number of hydrogen-bond acceptors (Lipinski definition) is 4. The van der Waals surface area contributed by atoms with Gasteiger partial charge in [0.25, 0.3) is 0 Å². The minimum absolute atomic E-state index is 0.767. The van der Waals surface area contributed by atoms with Gasteiger partial charge in [0.2, 0.25) is 0 Å². The van der Waals surface area contributed by atoms with Crippen molar-refractivity contribution in [3.8, 4) is 0 Å². The number of pyridine rings is 1. The summed E-state index contributed by atoms with van der Waals surface area (Å²) >= 11 is 4.93. The van der Waals surface area contributed by atoms with E-state index in [1.807, 2.05) is 25.4 Å². The molecular formula is C9H8BrN3S. The Morgan fingerprint density at radius 3 is 2.86 bits per heavy atom. The highest BCUT2D eigenvalue weighted by Gasteiger charge is 2.04. The molecule has 14 heavy (non-hydrogen) atoms. The molecule has 0 fully saturated rings. The smallest absolute Gasteiger partial charge is 0.187 e. The molecule has 2 rings (SSSR count). The Hall–Kier alpha value is -0.680. The van der Waals surface area contributed by atoms with E-state index in [0.717, 1.165) is 26.4 Å². The maximum atomic E-state index is 4.38. The molecule has 0 aliphatic heterocycles. The van der Waals surface area contributed by atoms with E-state index < -0.39 is 0 Å². The fraction of sp³-hybridized carbons (Fsp3) is 0.222. The second kappa shape index (κ2) is 3.82. The first kappa shape index (κ1) is 9.86. The van der Waals surface area contributed by atoms with Crippen molar-refractivity contribution in [2.45, 2.75) is 12.1 Å². The van der Waals surface area contributed by atoms with Gasteiger partial charge in [-0.15, -0.1) is 0 Å². The number of aromatic nitrogens is 3. The summed E-state index contributed by atoms with van der Waals surface area (Å²) in [5.74, 6) is 0. The normalized spacial score (nSPS) is 10.8. The van der Waals surface area contributed by atoms with E-state index in [9.17, 15) is 0 Å². The van der Waals surface area contributed by atoms with Crippen molar-refractivity contribution in [3.05, 3.63) is 22.6 Å². The summed E-state index contributed by atoms with van der Waals surface area (Å²) in [4.78, 5) is 12.9. The van der Waals surface area contributed by atoms with Crippen LogP contribution in [0.5, 0.6) is 0 Å². The predicted molar refractivity (Wildman–Crippen MR) is 61.6 cm³/mol. The fourth-order valence-electron chi connectivity index (χ4n) is 1.21. The molecule has 0 radical (unpaired) electrons. The zero-order valence-electron chi connectivity index (χ0n) is 7.78. The van der Waals surface area contributed by atoms with Crippen molar-refractivity contribution < 1.29 is 0 Å². The highest BCUT2D eigenvalue weighted by atomic mass is 79.9. The Balaban J connectivity index is 2.75. The van der Waals surface area contributed by atoms with Gasteiger partial charge in [0.1, 0.15) is 10.1 Å². The zero-order chi connectivity index (χ0) is 10.1. The van der Waals surface area contributed by atoms with E-state index in [2.05, 4.69) is 30.9 Å². The summed E-state index contributed by atoms with van der Waals surface area (Å²) in [5, 5.41) is 1.78. The Morgan fingerprint density at radius 2 is 2.14 bits per heavy atom. The van der Waals surface area contributed by atoms with Crippen LogP contribution in [0.25, 0.3) is 10.9 Å². The van der Waals surface area contributed by atoms with E-state index in [0.29, 0.717) is 0 Å². The molecule has 0 aliphatic carbocycles. The molecule has 3 nitrogen and oxygen atoms in total. The molecule has 0 aromatic carbocycles. The minimum atomic E-state index is 0.767. The Kier molecular flexibility index (Phi) is 2.69. The van der Waals surface area contributed by atoms with Gasteiger partial charge in [-0.3, -0.25) is 0 Å². The molecule has 0 aliphatic rings. The Bertz CT molecular complexity index is 487. The molecule has 0 amide bonds. The zero-order valence-corrected chi connectivity index (χ0v) is 10.2. The van der Waals surface area contributed by atoms with Gasteiger partial charge in [-0.1, -0.05) is 11.8 Å². The molecule has 2 aromatic rings. The van der Waals surface area contributed by atoms with Gasteiger partial charge >= 0.3 is 0 Å². The first-order valence-corrected chi connectivity index (χ1v) is 6.06. The van der Waals surface area contributed by atoms with E-state index in [-0.39, 0.29) is 0 Å².